The molecule has 0 fully saturated rings. The highest BCUT2D eigenvalue weighted by Gasteiger charge is 2.09. The van der Waals surface area contributed by atoms with E-state index in [0.717, 1.165) is 22.9 Å². The van der Waals surface area contributed by atoms with Gasteiger partial charge in [0.05, 0.1) is 0 Å². The maximum Gasteiger partial charge on any atom is 0.0469 e. The van der Waals surface area contributed by atoms with Gasteiger partial charge in [0.15, 0.2) is 0 Å². The molecule has 1 unspecified atom stereocenters. The first-order chi connectivity index (χ1) is 7.19. The van der Waals surface area contributed by atoms with Gasteiger partial charge in [-0.1, -0.05) is 28.1 Å². The maximum atomic E-state index is 5.50. The van der Waals surface area contributed by atoms with Gasteiger partial charge in [0, 0.05) is 16.9 Å². The van der Waals surface area contributed by atoms with E-state index in [2.05, 4.69) is 52.4 Å². The normalized spacial score (nSPS) is 12.1. The number of benzene rings is 1. The molecule has 2 nitrogen and oxygen atoms in total. The Morgan fingerprint density at radius 1 is 1.60 bits per heavy atom. The lowest BCUT2D eigenvalue weighted by atomic mass is 10.0. The summed E-state index contributed by atoms with van der Waals surface area (Å²) in [6.45, 7) is 2.06. The Morgan fingerprint density at radius 2 is 2.33 bits per heavy atom. The highest BCUT2D eigenvalue weighted by molar-refractivity contribution is 9.10. The van der Waals surface area contributed by atoms with Crippen LogP contribution in [0.15, 0.2) is 22.7 Å². The number of halogens is 1. The molecule has 0 aliphatic carbocycles. The molecular formula is C12H15BrN2. The molecule has 15 heavy (non-hydrogen) atoms. The number of aryl methyl sites for hydroxylation is 1. The largest absolute Gasteiger partial charge is 0.271 e. The van der Waals surface area contributed by atoms with Crippen molar-refractivity contribution in [1.82, 2.24) is 5.43 Å². The quantitative estimate of drug-likeness (QED) is 0.500. The predicted octanol–water partition coefficient (Wildman–Crippen LogP) is 2.68. The molecular weight excluding hydrogens is 252 g/mol. The Bertz CT molecular complexity index is 368. The molecule has 0 saturated heterocycles. The zero-order valence-corrected chi connectivity index (χ0v) is 10.3. The van der Waals surface area contributed by atoms with Crippen molar-refractivity contribution in [2.45, 2.75) is 25.8 Å². The van der Waals surface area contributed by atoms with Crippen LogP contribution in [0.2, 0.25) is 0 Å². The Labute approximate surface area is 99.3 Å². The van der Waals surface area contributed by atoms with Crippen molar-refractivity contribution in [2.75, 3.05) is 0 Å². The van der Waals surface area contributed by atoms with E-state index in [-0.39, 0.29) is 6.04 Å². The Balaban J connectivity index is 2.83. The van der Waals surface area contributed by atoms with Crippen LogP contribution in [-0.4, -0.2) is 0 Å². The molecule has 0 bridgehead atoms. The van der Waals surface area contributed by atoms with Crippen LogP contribution in [0.25, 0.3) is 0 Å². The smallest absolute Gasteiger partial charge is 0.0469 e. The lowest BCUT2D eigenvalue weighted by Crippen LogP contribution is -2.27. The molecule has 0 aromatic heterocycles. The molecule has 3 N–H and O–H groups in total. The highest BCUT2D eigenvalue weighted by Crippen LogP contribution is 2.23. The minimum atomic E-state index is 0.123. The van der Waals surface area contributed by atoms with Crippen molar-refractivity contribution in [3.8, 4) is 12.3 Å². The van der Waals surface area contributed by atoms with Crippen molar-refractivity contribution in [2.24, 2.45) is 5.84 Å². The summed E-state index contributed by atoms with van der Waals surface area (Å²) >= 11 is 3.50. The van der Waals surface area contributed by atoms with E-state index in [4.69, 9.17) is 12.3 Å². The molecule has 80 valence electrons. The fourth-order valence-corrected chi connectivity index (χ4v) is 1.80. The fraction of sp³-hybridized carbons (Fsp3) is 0.333. The van der Waals surface area contributed by atoms with Gasteiger partial charge >= 0.3 is 0 Å². The van der Waals surface area contributed by atoms with E-state index < -0.39 is 0 Å². The topological polar surface area (TPSA) is 38.0 Å². The number of hydrogen-bond donors (Lipinski definition) is 2. The van der Waals surface area contributed by atoms with Crippen molar-refractivity contribution in [3.63, 3.8) is 0 Å². The fourth-order valence-electron chi connectivity index (χ4n) is 1.40. The van der Waals surface area contributed by atoms with Crippen molar-refractivity contribution >= 4 is 15.9 Å². The molecule has 0 amide bonds. The number of nitrogens with two attached hydrogens (primary N) is 1. The monoisotopic (exact) mass is 266 g/mol. The Morgan fingerprint density at radius 3 is 2.87 bits per heavy atom. The van der Waals surface area contributed by atoms with Gasteiger partial charge in [-0.3, -0.25) is 11.3 Å². The first kappa shape index (κ1) is 12.3. The van der Waals surface area contributed by atoms with Gasteiger partial charge in [0.2, 0.25) is 0 Å². The van der Waals surface area contributed by atoms with Crippen LogP contribution in [0.3, 0.4) is 0 Å². The maximum absolute atomic E-state index is 5.50. The van der Waals surface area contributed by atoms with Crippen molar-refractivity contribution in [1.29, 1.82) is 0 Å². The minimum Gasteiger partial charge on any atom is -0.271 e. The van der Waals surface area contributed by atoms with E-state index in [1.807, 2.05) is 0 Å². The summed E-state index contributed by atoms with van der Waals surface area (Å²) in [5.74, 6) is 8.12. The standard InChI is InChI=1S/C12H15BrN2/c1-3-4-5-12(15-14)10-7-6-9(2)11(13)8-10/h1,6-8,12,15H,4-5,14H2,2H3. The molecule has 0 aliphatic rings. The predicted molar refractivity (Wildman–Crippen MR) is 67.0 cm³/mol. The van der Waals surface area contributed by atoms with Gasteiger partial charge < -0.3 is 0 Å². The third kappa shape index (κ3) is 3.35. The average molecular weight is 267 g/mol. The van der Waals surface area contributed by atoms with Crippen LogP contribution < -0.4 is 11.3 Å². The molecule has 1 aromatic rings. The van der Waals surface area contributed by atoms with E-state index in [1.54, 1.807) is 0 Å². The van der Waals surface area contributed by atoms with Crippen LogP contribution >= 0.6 is 15.9 Å². The van der Waals surface area contributed by atoms with E-state index in [0.29, 0.717) is 0 Å². The number of nitrogens with one attached hydrogen (secondary N) is 1. The first-order valence-electron chi connectivity index (χ1n) is 4.84. The van der Waals surface area contributed by atoms with Crippen LogP contribution in [0.5, 0.6) is 0 Å². The zero-order valence-electron chi connectivity index (χ0n) is 8.76. The first-order valence-corrected chi connectivity index (χ1v) is 5.64. The van der Waals surface area contributed by atoms with Gasteiger partial charge in [0.1, 0.15) is 0 Å². The van der Waals surface area contributed by atoms with E-state index in [1.165, 1.54) is 5.56 Å². The summed E-state index contributed by atoms with van der Waals surface area (Å²) in [7, 11) is 0. The Hall–Kier alpha value is -0.820. The zero-order chi connectivity index (χ0) is 11.3. The molecule has 0 spiro atoms. The third-order valence-corrected chi connectivity index (χ3v) is 3.23. The summed E-state index contributed by atoms with van der Waals surface area (Å²) in [4.78, 5) is 0. The summed E-state index contributed by atoms with van der Waals surface area (Å²) in [6.07, 6.45) is 6.81. The lowest BCUT2D eigenvalue weighted by molar-refractivity contribution is 0.523. The Kier molecular flexibility index (Phi) is 4.83. The molecule has 0 radical (unpaired) electrons. The molecule has 0 saturated carbocycles. The van der Waals surface area contributed by atoms with Crippen LogP contribution in [0.1, 0.15) is 30.0 Å². The van der Waals surface area contributed by atoms with Gasteiger partial charge in [-0.25, -0.2) is 0 Å². The van der Waals surface area contributed by atoms with Gasteiger partial charge in [-0.05, 0) is 30.5 Å². The molecule has 0 heterocycles. The summed E-state index contributed by atoms with van der Waals surface area (Å²) in [5, 5.41) is 0. The van der Waals surface area contributed by atoms with E-state index >= 15 is 0 Å². The third-order valence-electron chi connectivity index (χ3n) is 2.38. The minimum absolute atomic E-state index is 0.123. The summed E-state index contributed by atoms with van der Waals surface area (Å²) in [5.41, 5.74) is 5.16. The highest BCUT2D eigenvalue weighted by atomic mass is 79.9. The second-order valence-corrected chi connectivity index (χ2v) is 4.33. The molecule has 1 aromatic carbocycles. The number of terminal acetylenes is 1. The second-order valence-electron chi connectivity index (χ2n) is 3.47. The lowest BCUT2D eigenvalue weighted by Gasteiger charge is -2.15. The van der Waals surface area contributed by atoms with Crippen molar-refractivity contribution < 1.29 is 0 Å². The van der Waals surface area contributed by atoms with Crippen LogP contribution in [0.4, 0.5) is 0 Å². The van der Waals surface area contributed by atoms with Gasteiger partial charge in [-0.15, -0.1) is 12.3 Å². The summed E-state index contributed by atoms with van der Waals surface area (Å²) < 4.78 is 1.10. The average Bonchev–Trinajstić information content (AvgIpc) is 2.24. The molecule has 1 rings (SSSR count). The van der Waals surface area contributed by atoms with Gasteiger partial charge in [-0.2, -0.15) is 0 Å². The number of rotatable bonds is 4. The molecule has 0 aliphatic heterocycles. The SMILES string of the molecule is C#CCCC(NN)c1ccc(C)c(Br)c1. The number of hydrogen-bond acceptors (Lipinski definition) is 2. The van der Waals surface area contributed by atoms with E-state index in [9.17, 15) is 0 Å². The summed E-state index contributed by atoms with van der Waals surface area (Å²) in [6, 6.07) is 6.34. The van der Waals surface area contributed by atoms with Crippen molar-refractivity contribution in [3.05, 3.63) is 33.8 Å². The molecule has 3 heteroatoms. The second kappa shape index (κ2) is 5.92. The number of hydrazine groups is 1. The van der Waals surface area contributed by atoms with Crippen LogP contribution in [-0.2, 0) is 0 Å². The molecule has 1 atom stereocenters. The van der Waals surface area contributed by atoms with Gasteiger partial charge in [0.25, 0.3) is 0 Å². The van der Waals surface area contributed by atoms with Crippen LogP contribution in [0, 0.1) is 19.3 Å².